The molecule has 2 atom stereocenters. The van der Waals surface area contributed by atoms with Crippen molar-refractivity contribution in [2.45, 2.75) is 37.8 Å². The smallest absolute Gasteiger partial charge is 0.254 e. The number of carbonyl (C=O) groups excluding carboxylic acids is 1. The highest BCUT2D eigenvalue weighted by Gasteiger charge is 2.36. The zero-order valence-electron chi connectivity index (χ0n) is 11.5. The number of nitrogens with zero attached hydrogens (tertiary/aromatic N) is 1. The number of nitrogens with two attached hydrogens (primary N) is 1. The number of rotatable bonds is 1. The minimum Gasteiger partial charge on any atom is -0.399 e. The highest BCUT2D eigenvalue weighted by atomic mass is 35.5. The van der Waals surface area contributed by atoms with Crippen molar-refractivity contribution in [3.05, 3.63) is 29.8 Å². The van der Waals surface area contributed by atoms with Gasteiger partial charge >= 0.3 is 0 Å². The number of ether oxygens (including phenoxy) is 1. The van der Waals surface area contributed by atoms with Crippen molar-refractivity contribution in [1.82, 2.24) is 4.90 Å². The van der Waals surface area contributed by atoms with Crippen LogP contribution in [-0.2, 0) is 4.74 Å². The van der Waals surface area contributed by atoms with Gasteiger partial charge in [-0.1, -0.05) is 18.9 Å². The molecule has 2 aliphatic rings. The number of hydrogen-bond donors (Lipinski definition) is 1. The molecule has 2 fully saturated rings. The molecule has 1 aromatic rings. The van der Waals surface area contributed by atoms with Crippen LogP contribution in [0.2, 0.25) is 0 Å². The van der Waals surface area contributed by atoms with Gasteiger partial charge in [0.1, 0.15) is 0 Å². The average Bonchev–Trinajstić information content (AvgIpc) is 2.46. The Morgan fingerprint density at radius 1 is 1.30 bits per heavy atom. The van der Waals surface area contributed by atoms with Crippen LogP contribution in [0.3, 0.4) is 0 Å². The number of nitrogen functional groups attached to an aromatic ring is 1. The van der Waals surface area contributed by atoms with Crippen molar-refractivity contribution < 1.29 is 9.53 Å². The Morgan fingerprint density at radius 3 is 2.90 bits per heavy atom. The Kier molecular flexibility index (Phi) is 4.89. The summed E-state index contributed by atoms with van der Waals surface area (Å²) in [6.45, 7) is 1.34. The molecule has 1 aliphatic heterocycles. The molecule has 0 radical (unpaired) electrons. The van der Waals surface area contributed by atoms with Crippen molar-refractivity contribution >= 4 is 24.0 Å². The highest BCUT2D eigenvalue weighted by Crippen LogP contribution is 2.29. The molecule has 1 aromatic carbocycles. The number of amides is 1. The number of benzene rings is 1. The van der Waals surface area contributed by atoms with Crippen molar-refractivity contribution in [2.24, 2.45) is 0 Å². The lowest BCUT2D eigenvalue weighted by atomic mass is 9.89. The van der Waals surface area contributed by atoms with Crippen molar-refractivity contribution in [1.29, 1.82) is 0 Å². The maximum absolute atomic E-state index is 12.6. The largest absolute Gasteiger partial charge is 0.399 e. The topological polar surface area (TPSA) is 55.6 Å². The Hall–Kier alpha value is -1.26. The van der Waals surface area contributed by atoms with Crippen LogP contribution in [0.1, 0.15) is 36.0 Å². The van der Waals surface area contributed by atoms with Crippen LogP contribution in [0.15, 0.2) is 24.3 Å². The molecular formula is C15H21ClN2O2. The zero-order chi connectivity index (χ0) is 13.2. The summed E-state index contributed by atoms with van der Waals surface area (Å²) in [5.74, 6) is 0.0903. The van der Waals surface area contributed by atoms with Gasteiger partial charge in [-0.15, -0.1) is 12.4 Å². The second kappa shape index (κ2) is 6.46. The maximum atomic E-state index is 12.6. The summed E-state index contributed by atoms with van der Waals surface area (Å²) >= 11 is 0. The van der Waals surface area contributed by atoms with Crippen LogP contribution in [0.5, 0.6) is 0 Å². The van der Waals surface area contributed by atoms with Crippen molar-refractivity contribution in [3.8, 4) is 0 Å². The normalized spacial score (nSPS) is 25.5. The van der Waals surface area contributed by atoms with E-state index in [0.29, 0.717) is 24.4 Å². The molecule has 20 heavy (non-hydrogen) atoms. The first-order valence-corrected chi connectivity index (χ1v) is 7.04. The van der Waals surface area contributed by atoms with E-state index in [4.69, 9.17) is 10.5 Å². The van der Waals surface area contributed by atoms with Crippen LogP contribution in [-0.4, -0.2) is 36.1 Å². The number of halogens is 1. The van der Waals surface area contributed by atoms with E-state index in [9.17, 15) is 4.79 Å². The predicted molar refractivity (Wildman–Crippen MR) is 81.1 cm³/mol. The summed E-state index contributed by atoms with van der Waals surface area (Å²) in [5.41, 5.74) is 7.09. The van der Waals surface area contributed by atoms with E-state index in [1.54, 1.807) is 12.1 Å². The maximum Gasteiger partial charge on any atom is 0.254 e. The predicted octanol–water partition coefficient (Wildman–Crippen LogP) is 2.47. The van der Waals surface area contributed by atoms with Crippen LogP contribution < -0.4 is 5.73 Å². The van der Waals surface area contributed by atoms with E-state index in [-0.39, 0.29) is 30.5 Å². The van der Waals surface area contributed by atoms with Gasteiger partial charge in [0.05, 0.1) is 18.8 Å². The monoisotopic (exact) mass is 296 g/mol. The number of anilines is 1. The highest BCUT2D eigenvalue weighted by molar-refractivity contribution is 5.95. The minimum atomic E-state index is 0. The van der Waals surface area contributed by atoms with Crippen molar-refractivity contribution in [3.63, 3.8) is 0 Å². The first kappa shape index (κ1) is 15.1. The fourth-order valence-corrected chi connectivity index (χ4v) is 3.19. The van der Waals surface area contributed by atoms with E-state index >= 15 is 0 Å². The van der Waals surface area contributed by atoms with E-state index in [1.165, 1.54) is 12.8 Å². The van der Waals surface area contributed by atoms with Gasteiger partial charge in [-0.25, -0.2) is 0 Å². The lowest BCUT2D eigenvalue weighted by molar-refractivity contribution is -0.0752. The van der Waals surface area contributed by atoms with Gasteiger partial charge in [0.2, 0.25) is 0 Å². The van der Waals surface area contributed by atoms with Gasteiger partial charge in [-0.2, -0.15) is 0 Å². The summed E-state index contributed by atoms with van der Waals surface area (Å²) in [6.07, 6.45) is 4.75. The van der Waals surface area contributed by atoms with Crippen LogP contribution >= 0.6 is 12.4 Å². The number of fused-ring (bicyclic) bond motifs is 1. The number of morpholine rings is 1. The van der Waals surface area contributed by atoms with Gasteiger partial charge in [-0.05, 0) is 31.0 Å². The second-order valence-corrected chi connectivity index (χ2v) is 5.39. The van der Waals surface area contributed by atoms with Crippen LogP contribution in [0.25, 0.3) is 0 Å². The van der Waals surface area contributed by atoms with Crippen LogP contribution in [0.4, 0.5) is 5.69 Å². The van der Waals surface area contributed by atoms with E-state index in [2.05, 4.69) is 0 Å². The van der Waals surface area contributed by atoms with Gasteiger partial charge < -0.3 is 15.4 Å². The van der Waals surface area contributed by atoms with E-state index in [1.807, 2.05) is 17.0 Å². The zero-order valence-corrected chi connectivity index (χ0v) is 12.3. The molecule has 1 saturated heterocycles. The van der Waals surface area contributed by atoms with E-state index < -0.39 is 0 Å². The Bertz CT molecular complexity index is 479. The summed E-state index contributed by atoms with van der Waals surface area (Å²) in [6, 6.07) is 7.49. The molecule has 2 unspecified atom stereocenters. The number of hydrogen-bond acceptors (Lipinski definition) is 3. The van der Waals surface area contributed by atoms with Crippen LogP contribution in [0, 0.1) is 0 Å². The SMILES string of the molecule is Cl.Nc1cccc(C(=O)N2CCOC3CCCCC32)c1. The standard InChI is InChI=1S/C15H20N2O2.ClH/c16-12-5-3-4-11(10-12)15(18)17-8-9-19-14-7-2-1-6-13(14)17;/h3-5,10,13-14H,1-2,6-9,16H2;1H. The molecule has 110 valence electrons. The van der Waals surface area contributed by atoms with Gasteiger partial charge in [-0.3, -0.25) is 4.79 Å². The Morgan fingerprint density at radius 2 is 2.10 bits per heavy atom. The fraction of sp³-hybridized carbons (Fsp3) is 0.533. The minimum absolute atomic E-state index is 0. The third kappa shape index (κ3) is 2.91. The molecule has 0 aromatic heterocycles. The van der Waals surface area contributed by atoms with Crippen molar-refractivity contribution in [2.75, 3.05) is 18.9 Å². The lowest BCUT2D eigenvalue weighted by Gasteiger charge is -2.43. The molecule has 1 saturated carbocycles. The molecule has 3 rings (SSSR count). The third-order valence-electron chi connectivity index (χ3n) is 4.13. The number of carbonyl (C=O) groups is 1. The first-order valence-electron chi connectivity index (χ1n) is 7.04. The molecule has 1 amide bonds. The second-order valence-electron chi connectivity index (χ2n) is 5.39. The summed E-state index contributed by atoms with van der Waals surface area (Å²) in [5, 5.41) is 0. The van der Waals surface area contributed by atoms with E-state index in [0.717, 1.165) is 12.8 Å². The molecule has 1 heterocycles. The fourth-order valence-electron chi connectivity index (χ4n) is 3.19. The summed E-state index contributed by atoms with van der Waals surface area (Å²) in [4.78, 5) is 14.6. The molecule has 5 heteroatoms. The summed E-state index contributed by atoms with van der Waals surface area (Å²) in [7, 11) is 0. The third-order valence-corrected chi connectivity index (χ3v) is 4.13. The molecule has 0 bridgehead atoms. The molecule has 0 spiro atoms. The Labute approximate surface area is 125 Å². The van der Waals surface area contributed by atoms with Gasteiger partial charge in [0.15, 0.2) is 0 Å². The lowest BCUT2D eigenvalue weighted by Crippen LogP contribution is -2.54. The quantitative estimate of drug-likeness (QED) is 0.810. The van der Waals surface area contributed by atoms with Gasteiger partial charge in [0.25, 0.3) is 5.91 Å². The molecule has 4 nitrogen and oxygen atoms in total. The molecule has 1 aliphatic carbocycles. The Balaban J connectivity index is 0.00000147. The average molecular weight is 297 g/mol. The molecular weight excluding hydrogens is 276 g/mol. The summed E-state index contributed by atoms with van der Waals surface area (Å²) < 4.78 is 5.80. The van der Waals surface area contributed by atoms with Gasteiger partial charge in [0, 0.05) is 17.8 Å². The molecule has 2 N–H and O–H groups in total. The first-order chi connectivity index (χ1) is 9.25.